The summed E-state index contributed by atoms with van der Waals surface area (Å²) < 4.78 is 46.0. The van der Waals surface area contributed by atoms with Crippen LogP contribution in [-0.4, -0.2) is 29.9 Å². The molecule has 0 spiro atoms. The number of ether oxygens (including phenoxy) is 3. The number of aliphatic hydroxyl groups excluding tert-OH is 1. The van der Waals surface area contributed by atoms with Crippen molar-refractivity contribution in [2.45, 2.75) is 19.1 Å². The van der Waals surface area contributed by atoms with E-state index in [1.165, 1.54) is 38.3 Å². The molecule has 0 fully saturated rings. The number of carbonyl (C=O) groups is 1. The fraction of sp³-hybridized carbons (Fsp3) is 0.240. The Morgan fingerprint density at radius 1 is 1.12 bits per heavy atom. The van der Waals surface area contributed by atoms with E-state index in [0.29, 0.717) is 22.4 Å². The number of rotatable bonds is 6. The molecule has 0 aromatic heterocycles. The molecule has 0 bridgehead atoms. The number of halogens is 2. The Hall–Kier alpha value is -3.65. The Labute approximate surface area is 189 Å². The lowest BCUT2D eigenvalue weighted by Crippen LogP contribution is -2.24. The van der Waals surface area contributed by atoms with Crippen LogP contribution in [-0.2, 0) is 4.79 Å². The maximum Gasteiger partial charge on any atom is 0.309 e. The predicted octanol–water partition coefficient (Wildman–Crippen LogP) is 4.91. The molecule has 1 heterocycles. The SMILES string of the molecule is COc1ccc(F)c(-c2ccc(C3COc4ccc([C@H](O)[C@H](C)C(=O)O)c(F)c4O3)cc2)c1. The van der Waals surface area contributed by atoms with Crippen LogP contribution in [0.3, 0.4) is 0 Å². The third-order valence-electron chi connectivity index (χ3n) is 5.69. The second-order valence-electron chi connectivity index (χ2n) is 7.75. The summed E-state index contributed by atoms with van der Waals surface area (Å²) in [6.07, 6.45) is -2.20. The molecule has 0 radical (unpaired) electrons. The van der Waals surface area contributed by atoms with E-state index in [0.717, 1.165) is 0 Å². The zero-order valence-electron chi connectivity index (χ0n) is 17.9. The molecule has 1 aliphatic rings. The minimum absolute atomic E-state index is 0.118. The molecule has 8 heteroatoms. The van der Waals surface area contributed by atoms with E-state index >= 15 is 4.39 Å². The van der Waals surface area contributed by atoms with Crippen molar-refractivity contribution in [2.75, 3.05) is 13.7 Å². The molecule has 3 aromatic rings. The molecule has 0 amide bonds. The number of aliphatic carboxylic acids is 1. The standard InChI is InChI=1S/C25H22F2O6/c1-13(25(29)30)23(28)17-8-10-20-24(22(17)27)33-21(12-32-20)15-5-3-14(4-6-15)18-11-16(31-2)7-9-19(18)26/h3-11,13,21,23,28H,12H2,1-2H3,(H,29,30)/t13-,21?,23+/m0/s1. The van der Waals surface area contributed by atoms with Crippen molar-refractivity contribution in [3.8, 4) is 28.4 Å². The van der Waals surface area contributed by atoms with Gasteiger partial charge in [0, 0.05) is 11.1 Å². The first-order valence-electron chi connectivity index (χ1n) is 10.3. The molecule has 3 aromatic carbocycles. The summed E-state index contributed by atoms with van der Waals surface area (Å²) in [5.41, 5.74) is 1.50. The molecule has 6 nitrogen and oxygen atoms in total. The van der Waals surface area contributed by atoms with Crippen molar-refractivity contribution in [2.24, 2.45) is 5.92 Å². The normalized spacial score (nSPS) is 16.7. The fourth-order valence-corrected chi connectivity index (χ4v) is 3.65. The Balaban J connectivity index is 1.59. The molecule has 33 heavy (non-hydrogen) atoms. The molecule has 172 valence electrons. The number of hydrogen-bond donors (Lipinski definition) is 2. The van der Waals surface area contributed by atoms with Crippen LogP contribution >= 0.6 is 0 Å². The Kier molecular flexibility index (Phi) is 6.20. The Morgan fingerprint density at radius 3 is 2.52 bits per heavy atom. The van der Waals surface area contributed by atoms with Gasteiger partial charge in [0.05, 0.1) is 19.1 Å². The highest BCUT2D eigenvalue weighted by Crippen LogP contribution is 2.42. The van der Waals surface area contributed by atoms with E-state index in [-0.39, 0.29) is 23.7 Å². The number of carboxylic acids is 1. The van der Waals surface area contributed by atoms with Crippen LogP contribution < -0.4 is 14.2 Å². The largest absolute Gasteiger partial charge is 0.497 e. The monoisotopic (exact) mass is 456 g/mol. The minimum atomic E-state index is -1.55. The zero-order chi connectivity index (χ0) is 23.7. The van der Waals surface area contributed by atoms with Crippen LogP contribution in [0.5, 0.6) is 17.2 Å². The second kappa shape index (κ2) is 9.07. The number of benzene rings is 3. The van der Waals surface area contributed by atoms with Crippen molar-refractivity contribution in [3.05, 3.63) is 77.4 Å². The molecule has 4 rings (SSSR count). The van der Waals surface area contributed by atoms with Gasteiger partial charge < -0.3 is 24.4 Å². The van der Waals surface area contributed by atoms with Crippen LogP contribution in [0.4, 0.5) is 8.78 Å². The van der Waals surface area contributed by atoms with Crippen molar-refractivity contribution < 1.29 is 38.0 Å². The predicted molar refractivity (Wildman–Crippen MR) is 115 cm³/mol. The number of methoxy groups -OCH3 is 1. The van der Waals surface area contributed by atoms with Crippen LogP contribution in [0.25, 0.3) is 11.1 Å². The Bertz CT molecular complexity index is 1180. The third kappa shape index (κ3) is 4.34. The van der Waals surface area contributed by atoms with Crippen LogP contribution in [0.1, 0.15) is 30.3 Å². The van der Waals surface area contributed by atoms with E-state index in [9.17, 15) is 14.3 Å². The molecular formula is C25H22F2O6. The minimum Gasteiger partial charge on any atom is -0.497 e. The first kappa shape index (κ1) is 22.5. The zero-order valence-corrected chi connectivity index (χ0v) is 17.9. The third-order valence-corrected chi connectivity index (χ3v) is 5.69. The van der Waals surface area contributed by atoms with Gasteiger partial charge >= 0.3 is 5.97 Å². The number of hydrogen-bond acceptors (Lipinski definition) is 5. The van der Waals surface area contributed by atoms with E-state index < -0.39 is 35.7 Å². The molecular weight excluding hydrogens is 434 g/mol. The van der Waals surface area contributed by atoms with Crippen molar-refractivity contribution in [3.63, 3.8) is 0 Å². The first-order valence-corrected chi connectivity index (χ1v) is 10.3. The quantitative estimate of drug-likeness (QED) is 0.549. The van der Waals surface area contributed by atoms with Crippen molar-refractivity contribution >= 4 is 5.97 Å². The number of fused-ring (bicyclic) bond motifs is 1. The molecule has 0 saturated heterocycles. The van der Waals surface area contributed by atoms with Gasteiger partial charge in [0.15, 0.2) is 23.4 Å². The lowest BCUT2D eigenvalue weighted by atomic mass is 9.96. The van der Waals surface area contributed by atoms with E-state index in [4.69, 9.17) is 19.3 Å². The van der Waals surface area contributed by atoms with E-state index in [1.54, 1.807) is 30.3 Å². The summed E-state index contributed by atoms with van der Waals surface area (Å²) in [5, 5.41) is 19.4. The van der Waals surface area contributed by atoms with Gasteiger partial charge in [-0.3, -0.25) is 4.79 Å². The van der Waals surface area contributed by atoms with Gasteiger partial charge in [-0.05, 0) is 48.4 Å². The molecule has 3 atom stereocenters. The van der Waals surface area contributed by atoms with Crippen molar-refractivity contribution in [1.82, 2.24) is 0 Å². The van der Waals surface area contributed by atoms with E-state index in [1.807, 2.05) is 0 Å². The second-order valence-corrected chi connectivity index (χ2v) is 7.75. The average Bonchev–Trinajstić information content (AvgIpc) is 2.83. The topological polar surface area (TPSA) is 85.2 Å². The lowest BCUT2D eigenvalue weighted by molar-refractivity contribution is -0.145. The van der Waals surface area contributed by atoms with Crippen LogP contribution in [0, 0.1) is 17.6 Å². The molecule has 1 aliphatic heterocycles. The van der Waals surface area contributed by atoms with Gasteiger partial charge in [0.1, 0.15) is 18.2 Å². The maximum atomic E-state index is 15.1. The molecule has 2 N–H and O–H groups in total. The van der Waals surface area contributed by atoms with Crippen molar-refractivity contribution in [1.29, 1.82) is 0 Å². The van der Waals surface area contributed by atoms with Gasteiger partial charge in [-0.25, -0.2) is 8.78 Å². The molecule has 1 unspecified atom stereocenters. The summed E-state index contributed by atoms with van der Waals surface area (Å²) in [6.45, 7) is 1.41. The highest BCUT2D eigenvalue weighted by Gasteiger charge is 2.31. The number of carboxylic acid groups (broad SMARTS) is 1. The summed E-state index contributed by atoms with van der Waals surface area (Å²) in [4.78, 5) is 11.2. The van der Waals surface area contributed by atoms with Crippen LogP contribution in [0.2, 0.25) is 0 Å². The van der Waals surface area contributed by atoms with Gasteiger partial charge in [0.25, 0.3) is 0 Å². The summed E-state index contributed by atoms with van der Waals surface area (Å²) in [7, 11) is 1.50. The highest BCUT2D eigenvalue weighted by molar-refractivity contribution is 5.70. The molecule has 0 aliphatic carbocycles. The summed E-state index contributed by atoms with van der Waals surface area (Å²) in [5.74, 6) is -3.21. The Morgan fingerprint density at radius 2 is 1.85 bits per heavy atom. The lowest BCUT2D eigenvalue weighted by Gasteiger charge is -2.28. The van der Waals surface area contributed by atoms with E-state index in [2.05, 4.69) is 0 Å². The van der Waals surface area contributed by atoms with Gasteiger partial charge in [-0.15, -0.1) is 0 Å². The molecule has 0 saturated carbocycles. The average molecular weight is 456 g/mol. The number of aliphatic hydroxyl groups is 1. The summed E-state index contributed by atoms with van der Waals surface area (Å²) >= 11 is 0. The first-order chi connectivity index (χ1) is 15.8. The van der Waals surface area contributed by atoms with Gasteiger partial charge in [0.2, 0.25) is 0 Å². The van der Waals surface area contributed by atoms with Gasteiger partial charge in [-0.1, -0.05) is 24.3 Å². The van der Waals surface area contributed by atoms with Gasteiger partial charge in [-0.2, -0.15) is 0 Å². The highest BCUT2D eigenvalue weighted by atomic mass is 19.1. The summed E-state index contributed by atoms with van der Waals surface area (Å²) in [6, 6.07) is 14.1. The van der Waals surface area contributed by atoms with Crippen LogP contribution in [0.15, 0.2) is 54.6 Å². The maximum absolute atomic E-state index is 15.1. The fourth-order valence-electron chi connectivity index (χ4n) is 3.65. The smallest absolute Gasteiger partial charge is 0.309 e.